The summed E-state index contributed by atoms with van der Waals surface area (Å²) in [7, 11) is 0. The average molecular weight is 370 g/mol. The molecule has 0 spiro atoms. The van der Waals surface area contributed by atoms with Crippen LogP contribution in [0.5, 0.6) is 0 Å². The Bertz CT molecular complexity index is 632. The van der Waals surface area contributed by atoms with Gasteiger partial charge in [-0.05, 0) is 24.3 Å². The third-order valence-electron chi connectivity index (χ3n) is 5.79. The maximum atomic E-state index is 12.8. The maximum absolute atomic E-state index is 12.8. The van der Waals surface area contributed by atoms with Gasteiger partial charge in [0.1, 0.15) is 0 Å². The van der Waals surface area contributed by atoms with Gasteiger partial charge in [0.2, 0.25) is 11.8 Å². The molecule has 0 radical (unpaired) electrons. The first-order chi connectivity index (χ1) is 13.2. The molecule has 0 bridgehead atoms. The van der Waals surface area contributed by atoms with Gasteiger partial charge in [-0.25, -0.2) is 0 Å². The topological polar surface area (TPSA) is 52.7 Å². The first-order valence-corrected chi connectivity index (χ1v) is 10.1. The quantitative estimate of drug-likeness (QED) is 0.750. The van der Waals surface area contributed by atoms with Gasteiger partial charge in [-0.2, -0.15) is 0 Å². The van der Waals surface area contributed by atoms with Gasteiger partial charge >= 0.3 is 0 Å². The molecule has 5 nitrogen and oxygen atoms in total. The van der Waals surface area contributed by atoms with E-state index in [1.165, 1.54) is 12.8 Å². The fourth-order valence-electron chi connectivity index (χ4n) is 4.36. The van der Waals surface area contributed by atoms with Crippen LogP contribution in [0.1, 0.15) is 31.2 Å². The number of hydrogen-bond acceptors (Lipinski definition) is 3. The Labute approximate surface area is 162 Å². The summed E-state index contributed by atoms with van der Waals surface area (Å²) in [4.78, 5) is 29.6. The molecule has 1 aromatic rings. The normalized spacial score (nSPS) is 19.6. The second-order valence-electron chi connectivity index (χ2n) is 7.60. The number of rotatable bonds is 7. The summed E-state index contributed by atoms with van der Waals surface area (Å²) in [6.07, 6.45) is 6.85. The Morgan fingerprint density at radius 1 is 1.11 bits per heavy atom. The van der Waals surface area contributed by atoms with Crippen LogP contribution in [0.2, 0.25) is 0 Å². The molecule has 146 valence electrons. The number of carbonyl (C=O) groups is 2. The van der Waals surface area contributed by atoms with Crippen LogP contribution in [-0.2, 0) is 16.0 Å². The predicted octanol–water partition coefficient (Wildman–Crippen LogP) is 2.23. The van der Waals surface area contributed by atoms with Crippen molar-refractivity contribution in [3.8, 4) is 0 Å². The van der Waals surface area contributed by atoms with Gasteiger partial charge in [-0.3, -0.25) is 14.5 Å². The van der Waals surface area contributed by atoms with Gasteiger partial charge in [0, 0.05) is 32.7 Å². The zero-order valence-electron chi connectivity index (χ0n) is 16.1. The fraction of sp³-hybridized carbons (Fsp3) is 0.545. The Balaban J connectivity index is 1.57. The average Bonchev–Trinajstić information content (AvgIpc) is 3.22. The Hall–Kier alpha value is -2.14. The molecule has 2 amide bonds. The summed E-state index contributed by atoms with van der Waals surface area (Å²) in [6.45, 7) is 7.13. The smallest absolute Gasteiger partial charge is 0.237 e. The van der Waals surface area contributed by atoms with Crippen molar-refractivity contribution < 1.29 is 9.59 Å². The summed E-state index contributed by atoms with van der Waals surface area (Å²) in [5.41, 5.74) is 1.05. The van der Waals surface area contributed by atoms with Crippen LogP contribution in [0.3, 0.4) is 0 Å². The zero-order chi connectivity index (χ0) is 19.1. The third kappa shape index (κ3) is 5.19. The van der Waals surface area contributed by atoms with Crippen LogP contribution in [0.4, 0.5) is 0 Å². The summed E-state index contributed by atoms with van der Waals surface area (Å²) in [6, 6.07) is 9.82. The van der Waals surface area contributed by atoms with Crippen LogP contribution in [-0.4, -0.2) is 60.4 Å². The standard InChI is InChI=1S/C22H31N3O2/c1-2-12-23-22(27)21(19-10-6-7-11-19)25-15-13-24(14-16-25)20(26)17-18-8-4-3-5-9-18/h2-5,8-9,19,21H,1,6-7,10-17H2,(H,23,27). The fourth-order valence-corrected chi connectivity index (χ4v) is 4.36. The summed E-state index contributed by atoms with van der Waals surface area (Å²) >= 11 is 0. The van der Waals surface area contributed by atoms with Crippen LogP contribution < -0.4 is 5.32 Å². The molecule has 5 heteroatoms. The van der Waals surface area contributed by atoms with Crippen LogP contribution >= 0.6 is 0 Å². The van der Waals surface area contributed by atoms with Crippen molar-refractivity contribution in [2.75, 3.05) is 32.7 Å². The second-order valence-corrected chi connectivity index (χ2v) is 7.60. The zero-order valence-corrected chi connectivity index (χ0v) is 16.1. The molecule has 1 heterocycles. The maximum Gasteiger partial charge on any atom is 0.237 e. The van der Waals surface area contributed by atoms with Crippen molar-refractivity contribution in [1.29, 1.82) is 0 Å². The van der Waals surface area contributed by atoms with E-state index < -0.39 is 0 Å². The van der Waals surface area contributed by atoms with Gasteiger partial charge < -0.3 is 10.2 Å². The summed E-state index contributed by atoms with van der Waals surface area (Å²) in [5.74, 6) is 0.724. The highest BCUT2D eigenvalue weighted by Gasteiger charge is 2.37. The predicted molar refractivity (Wildman–Crippen MR) is 107 cm³/mol. The van der Waals surface area contributed by atoms with Crippen LogP contribution in [0, 0.1) is 5.92 Å². The first-order valence-electron chi connectivity index (χ1n) is 10.1. The van der Waals surface area contributed by atoms with Gasteiger partial charge in [0.15, 0.2) is 0 Å². The number of piperazine rings is 1. The Morgan fingerprint density at radius 3 is 2.41 bits per heavy atom. The van der Waals surface area contributed by atoms with E-state index >= 15 is 0 Å². The number of nitrogens with zero attached hydrogens (tertiary/aromatic N) is 2. The van der Waals surface area contributed by atoms with Gasteiger partial charge in [-0.15, -0.1) is 6.58 Å². The molecule has 1 unspecified atom stereocenters. The van der Waals surface area contributed by atoms with Crippen molar-refractivity contribution in [3.63, 3.8) is 0 Å². The molecule has 1 aromatic carbocycles. The molecular formula is C22H31N3O2. The monoisotopic (exact) mass is 369 g/mol. The molecule has 1 aliphatic carbocycles. The Kier molecular flexibility index (Phi) is 7.04. The van der Waals surface area contributed by atoms with Crippen LogP contribution in [0.25, 0.3) is 0 Å². The molecular weight excluding hydrogens is 338 g/mol. The number of nitrogens with one attached hydrogen (secondary N) is 1. The van der Waals surface area contributed by atoms with Crippen LogP contribution in [0.15, 0.2) is 43.0 Å². The van der Waals surface area contributed by atoms with Crippen molar-refractivity contribution in [1.82, 2.24) is 15.1 Å². The molecule has 1 N–H and O–H groups in total. The van der Waals surface area contributed by atoms with E-state index in [0.29, 0.717) is 32.0 Å². The molecule has 0 aromatic heterocycles. The largest absolute Gasteiger partial charge is 0.351 e. The highest BCUT2D eigenvalue weighted by molar-refractivity contribution is 5.82. The number of benzene rings is 1. The van der Waals surface area contributed by atoms with Gasteiger partial charge in [0.05, 0.1) is 12.5 Å². The second kappa shape index (κ2) is 9.70. The summed E-state index contributed by atoms with van der Waals surface area (Å²) in [5, 5.41) is 2.99. The van der Waals surface area contributed by atoms with Crippen molar-refractivity contribution in [2.45, 2.75) is 38.1 Å². The van der Waals surface area contributed by atoms with E-state index in [1.807, 2.05) is 35.2 Å². The number of amides is 2. The van der Waals surface area contributed by atoms with E-state index in [4.69, 9.17) is 0 Å². The SMILES string of the molecule is C=CCNC(=O)C(C1CCCC1)N1CCN(C(=O)Cc2ccccc2)CC1. The lowest BCUT2D eigenvalue weighted by Crippen LogP contribution is -2.58. The van der Waals surface area contributed by atoms with Crippen molar-refractivity contribution >= 4 is 11.8 Å². The molecule has 2 fully saturated rings. The van der Waals surface area contributed by atoms with E-state index in [1.54, 1.807) is 6.08 Å². The van der Waals surface area contributed by atoms with E-state index in [-0.39, 0.29) is 17.9 Å². The number of carbonyl (C=O) groups excluding carboxylic acids is 2. The van der Waals surface area contributed by atoms with E-state index in [2.05, 4.69) is 16.8 Å². The van der Waals surface area contributed by atoms with E-state index in [0.717, 1.165) is 31.5 Å². The minimum Gasteiger partial charge on any atom is -0.351 e. The van der Waals surface area contributed by atoms with Gasteiger partial charge in [-0.1, -0.05) is 49.2 Å². The molecule has 1 atom stereocenters. The van der Waals surface area contributed by atoms with E-state index in [9.17, 15) is 9.59 Å². The minimum atomic E-state index is -0.0705. The molecule has 27 heavy (non-hydrogen) atoms. The molecule has 2 aliphatic rings. The number of hydrogen-bond donors (Lipinski definition) is 1. The molecule has 1 saturated carbocycles. The lowest BCUT2D eigenvalue weighted by Gasteiger charge is -2.40. The first kappa shape index (κ1) is 19.6. The summed E-state index contributed by atoms with van der Waals surface area (Å²) < 4.78 is 0. The molecule has 1 saturated heterocycles. The third-order valence-corrected chi connectivity index (χ3v) is 5.79. The van der Waals surface area contributed by atoms with Crippen molar-refractivity contribution in [2.24, 2.45) is 5.92 Å². The van der Waals surface area contributed by atoms with Crippen molar-refractivity contribution in [3.05, 3.63) is 48.6 Å². The molecule has 3 rings (SSSR count). The Morgan fingerprint density at radius 2 is 1.78 bits per heavy atom. The molecule has 1 aliphatic heterocycles. The minimum absolute atomic E-state index is 0.0705. The highest BCUT2D eigenvalue weighted by atomic mass is 16.2. The lowest BCUT2D eigenvalue weighted by molar-refractivity contribution is -0.134. The highest BCUT2D eigenvalue weighted by Crippen LogP contribution is 2.31. The van der Waals surface area contributed by atoms with Gasteiger partial charge in [0.25, 0.3) is 0 Å². The lowest BCUT2D eigenvalue weighted by atomic mass is 9.95.